The van der Waals surface area contributed by atoms with E-state index in [9.17, 15) is 18.0 Å². The van der Waals surface area contributed by atoms with Gasteiger partial charge in [-0.15, -0.1) is 0 Å². The molecule has 3 rings (SSSR count). The zero-order chi connectivity index (χ0) is 19.9. The number of aliphatic carboxylic acids is 1. The standard InChI is InChI=1S/C19H15F3N2O3/c1-10-14(11(2)24(3)23-10)8-7-12-5-4-6-13-9-15(18(25)26)17(19(20,21)22)27-16(12)13/h4-6,9,17H,1-3H3,(H,25,26). The van der Waals surface area contributed by atoms with Crippen LogP contribution < -0.4 is 4.74 Å². The summed E-state index contributed by atoms with van der Waals surface area (Å²) in [6, 6.07) is 4.59. The minimum atomic E-state index is -4.86. The Bertz CT molecular complexity index is 1020. The lowest BCUT2D eigenvalue weighted by atomic mass is 9.99. The van der Waals surface area contributed by atoms with Crippen molar-refractivity contribution in [2.24, 2.45) is 7.05 Å². The fourth-order valence-electron chi connectivity index (χ4n) is 2.82. The van der Waals surface area contributed by atoms with Gasteiger partial charge in [-0.2, -0.15) is 18.3 Å². The summed E-state index contributed by atoms with van der Waals surface area (Å²) in [7, 11) is 1.77. The second-order valence-electron chi connectivity index (χ2n) is 6.09. The third-order valence-corrected chi connectivity index (χ3v) is 4.25. The van der Waals surface area contributed by atoms with E-state index in [1.54, 1.807) is 24.7 Å². The summed E-state index contributed by atoms with van der Waals surface area (Å²) in [5.74, 6) is 3.99. The summed E-state index contributed by atoms with van der Waals surface area (Å²) in [6.07, 6.45) is -6.43. The molecule has 1 aliphatic heterocycles. The van der Waals surface area contributed by atoms with Gasteiger partial charge >= 0.3 is 12.1 Å². The van der Waals surface area contributed by atoms with Gasteiger partial charge in [0.15, 0.2) is 0 Å². The Labute approximate surface area is 153 Å². The molecule has 2 aromatic rings. The normalized spacial score (nSPS) is 15.9. The minimum absolute atomic E-state index is 0.0866. The van der Waals surface area contributed by atoms with E-state index in [1.807, 2.05) is 6.92 Å². The topological polar surface area (TPSA) is 64.4 Å². The molecular formula is C19H15F3N2O3. The monoisotopic (exact) mass is 376 g/mol. The van der Waals surface area contributed by atoms with Crippen LogP contribution in [0.1, 0.15) is 28.1 Å². The van der Waals surface area contributed by atoms with Crippen molar-refractivity contribution in [2.45, 2.75) is 26.1 Å². The number of alkyl halides is 3. The van der Waals surface area contributed by atoms with Crippen molar-refractivity contribution in [3.63, 3.8) is 0 Å². The maximum absolute atomic E-state index is 13.3. The van der Waals surface area contributed by atoms with Crippen molar-refractivity contribution in [2.75, 3.05) is 0 Å². The number of aromatic nitrogens is 2. The van der Waals surface area contributed by atoms with Gasteiger partial charge in [0.05, 0.1) is 28.1 Å². The highest BCUT2D eigenvalue weighted by atomic mass is 19.4. The number of carboxylic acid groups (broad SMARTS) is 1. The number of benzene rings is 1. The summed E-state index contributed by atoms with van der Waals surface area (Å²) in [6.45, 7) is 3.62. The van der Waals surface area contributed by atoms with Crippen LogP contribution in [-0.2, 0) is 11.8 Å². The van der Waals surface area contributed by atoms with Gasteiger partial charge in [-0.1, -0.05) is 24.0 Å². The number of carbonyl (C=O) groups is 1. The number of carboxylic acids is 1. The molecule has 0 aliphatic carbocycles. The van der Waals surface area contributed by atoms with Gasteiger partial charge in [-0.05, 0) is 26.0 Å². The molecule has 1 aliphatic rings. The highest BCUT2D eigenvalue weighted by Crippen LogP contribution is 2.38. The van der Waals surface area contributed by atoms with E-state index in [4.69, 9.17) is 9.84 Å². The second-order valence-corrected chi connectivity index (χ2v) is 6.09. The quantitative estimate of drug-likeness (QED) is 0.777. The van der Waals surface area contributed by atoms with Gasteiger partial charge in [-0.25, -0.2) is 4.79 Å². The number of halogens is 3. The van der Waals surface area contributed by atoms with Crippen molar-refractivity contribution in [1.29, 1.82) is 0 Å². The first-order chi connectivity index (χ1) is 12.6. The number of aryl methyl sites for hydroxylation is 2. The van der Waals surface area contributed by atoms with E-state index in [0.29, 0.717) is 11.3 Å². The van der Waals surface area contributed by atoms with Crippen molar-refractivity contribution in [3.05, 3.63) is 51.9 Å². The molecule has 0 radical (unpaired) electrons. The Kier molecular flexibility index (Phi) is 4.47. The van der Waals surface area contributed by atoms with Crippen LogP contribution in [0.4, 0.5) is 13.2 Å². The molecule has 140 valence electrons. The number of rotatable bonds is 1. The number of para-hydroxylation sites is 1. The summed E-state index contributed by atoms with van der Waals surface area (Å²) >= 11 is 0. The van der Waals surface area contributed by atoms with Crippen molar-refractivity contribution in [1.82, 2.24) is 9.78 Å². The van der Waals surface area contributed by atoms with Gasteiger partial charge in [0, 0.05) is 12.6 Å². The molecular weight excluding hydrogens is 361 g/mol. The Balaban J connectivity index is 2.10. The molecule has 0 fully saturated rings. The van der Waals surface area contributed by atoms with Crippen LogP contribution in [0, 0.1) is 25.7 Å². The SMILES string of the molecule is Cc1nn(C)c(C)c1C#Cc1cccc2c1OC(C(F)(F)F)C(C(=O)O)=C2. The lowest BCUT2D eigenvalue weighted by molar-refractivity contribution is -0.187. The summed E-state index contributed by atoms with van der Waals surface area (Å²) in [5, 5.41) is 13.3. The lowest BCUT2D eigenvalue weighted by Crippen LogP contribution is -2.40. The molecule has 1 aromatic heterocycles. The maximum atomic E-state index is 13.3. The molecule has 5 nitrogen and oxygen atoms in total. The van der Waals surface area contributed by atoms with Crippen molar-refractivity contribution >= 4 is 12.0 Å². The van der Waals surface area contributed by atoms with E-state index in [2.05, 4.69) is 16.9 Å². The van der Waals surface area contributed by atoms with Crippen molar-refractivity contribution < 1.29 is 27.8 Å². The van der Waals surface area contributed by atoms with E-state index in [1.165, 1.54) is 12.1 Å². The molecule has 0 saturated carbocycles. The number of nitrogens with zero attached hydrogens (tertiary/aromatic N) is 2. The highest BCUT2D eigenvalue weighted by Gasteiger charge is 2.48. The first-order valence-corrected chi connectivity index (χ1v) is 7.93. The summed E-state index contributed by atoms with van der Waals surface area (Å²) in [5.41, 5.74) is 1.82. The molecule has 0 amide bonds. The fourth-order valence-corrected chi connectivity index (χ4v) is 2.82. The average Bonchev–Trinajstić information content (AvgIpc) is 2.83. The molecule has 2 heterocycles. The number of fused-ring (bicyclic) bond motifs is 1. The first-order valence-electron chi connectivity index (χ1n) is 7.93. The van der Waals surface area contributed by atoms with Crippen LogP contribution >= 0.6 is 0 Å². The van der Waals surface area contributed by atoms with Crippen LogP contribution in [0.25, 0.3) is 6.08 Å². The first kappa shape index (κ1) is 18.6. The van der Waals surface area contributed by atoms with E-state index >= 15 is 0 Å². The van der Waals surface area contributed by atoms with Gasteiger partial charge in [-0.3, -0.25) is 4.68 Å². The molecule has 1 aromatic carbocycles. The predicted octanol–water partition coefficient (Wildman–Crippen LogP) is 3.23. The van der Waals surface area contributed by atoms with Crippen LogP contribution in [0.15, 0.2) is 23.8 Å². The number of hydrogen-bond acceptors (Lipinski definition) is 3. The molecule has 1 atom stereocenters. The van der Waals surface area contributed by atoms with Crippen LogP contribution in [0.3, 0.4) is 0 Å². The number of ether oxygens (including phenoxy) is 1. The maximum Gasteiger partial charge on any atom is 0.430 e. The Morgan fingerprint density at radius 3 is 2.56 bits per heavy atom. The summed E-state index contributed by atoms with van der Waals surface area (Å²) < 4.78 is 46.5. The molecule has 1 unspecified atom stereocenters. The molecule has 0 spiro atoms. The predicted molar refractivity (Wildman–Crippen MR) is 91.2 cm³/mol. The zero-order valence-corrected chi connectivity index (χ0v) is 14.7. The van der Waals surface area contributed by atoms with E-state index in [0.717, 1.165) is 11.8 Å². The molecule has 8 heteroatoms. The van der Waals surface area contributed by atoms with Gasteiger partial charge in [0.25, 0.3) is 0 Å². The Morgan fingerprint density at radius 2 is 2.00 bits per heavy atom. The largest absolute Gasteiger partial charge is 0.478 e. The smallest absolute Gasteiger partial charge is 0.430 e. The van der Waals surface area contributed by atoms with E-state index < -0.39 is 23.8 Å². The Morgan fingerprint density at radius 1 is 1.30 bits per heavy atom. The number of hydrogen-bond donors (Lipinski definition) is 1. The zero-order valence-electron chi connectivity index (χ0n) is 14.7. The van der Waals surface area contributed by atoms with Gasteiger partial charge in [0.1, 0.15) is 5.75 Å². The van der Waals surface area contributed by atoms with Crippen LogP contribution in [0.5, 0.6) is 5.75 Å². The second kappa shape index (κ2) is 6.50. The third-order valence-electron chi connectivity index (χ3n) is 4.25. The van der Waals surface area contributed by atoms with Gasteiger partial charge in [0.2, 0.25) is 6.10 Å². The molecule has 0 bridgehead atoms. The van der Waals surface area contributed by atoms with Crippen LogP contribution in [-0.4, -0.2) is 33.1 Å². The molecule has 1 N–H and O–H groups in total. The fraction of sp³-hybridized carbons (Fsp3) is 0.263. The molecule has 0 saturated heterocycles. The van der Waals surface area contributed by atoms with Crippen LogP contribution in [0.2, 0.25) is 0 Å². The molecule has 27 heavy (non-hydrogen) atoms. The average molecular weight is 376 g/mol. The lowest BCUT2D eigenvalue weighted by Gasteiger charge is -2.27. The minimum Gasteiger partial charge on any atom is -0.478 e. The Hall–Kier alpha value is -3.21. The summed E-state index contributed by atoms with van der Waals surface area (Å²) in [4.78, 5) is 11.2. The highest BCUT2D eigenvalue weighted by molar-refractivity contribution is 5.95. The van der Waals surface area contributed by atoms with Crippen molar-refractivity contribution in [3.8, 4) is 17.6 Å². The van der Waals surface area contributed by atoms with Gasteiger partial charge < -0.3 is 9.84 Å². The third kappa shape index (κ3) is 3.40. The van der Waals surface area contributed by atoms with E-state index in [-0.39, 0.29) is 16.9 Å².